The first kappa shape index (κ1) is 36.0. The van der Waals surface area contributed by atoms with Crippen LogP contribution in [0.4, 0.5) is 0 Å². The molecule has 0 spiro atoms. The van der Waals surface area contributed by atoms with Crippen LogP contribution in [-0.2, 0) is 9.47 Å². The quantitative estimate of drug-likeness (QED) is 0.109. The van der Waals surface area contributed by atoms with E-state index in [1.165, 1.54) is 42.4 Å². The van der Waals surface area contributed by atoms with E-state index in [1.54, 1.807) is 0 Å². The van der Waals surface area contributed by atoms with Crippen molar-refractivity contribution < 1.29 is 28.3 Å². The van der Waals surface area contributed by atoms with Gasteiger partial charge in [-0.05, 0) is 33.1 Å². The molecule has 4 nitrogen and oxygen atoms in total. The van der Waals surface area contributed by atoms with Gasteiger partial charge in [0, 0.05) is 39.3 Å². The van der Waals surface area contributed by atoms with E-state index >= 15 is 0 Å². The molecule has 206 valence electrons. The topological polar surface area (TPSA) is 24.9 Å². The second kappa shape index (κ2) is 24.1. The maximum absolute atomic E-state index is 5.37. The normalized spacial score (nSPS) is 18.0. The van der Waals surface area contributed by atoms with E-state index in [0.717, 1.165) is 97.0 Å². The van der Waals surface area contributed by atoms with E-state index in [9.17, 15) is 0 Å². The van der Waals surface area contributed by atoms with Crippen molar-refractivity contribution in [3.63, 3.8) is 0 Å². The van der Waals surface area contributed by atoms with Crippen molar-refractivity contribution in [3.8, 4) is 0 Å². The summed E-state index contributed by atoms with van der Waals surface area (Å²) in [6, 6.07) is 0. The minimum atomic E-state index is 0. The molecular formula is C32H55LiN2O2. The summed E-state index contributed by atoms with van der Waals surface area (Å²) < 4.78 is 10.7. The fourth-order valence-electron chi connectivity index (χ4n) is 4.27. The summed E-state index contributed by atoms with van der Waals surface area (Å²) in [7, 11) is 0. The monoisotopic (exact) mass is 506 g/mol. The smallest absolute Gasteiger partial charge is 0.379 e. The minimum Gasteiger partial charge on any atom is -0.379 e. The Morgan fingerprint density at radius 1 is 0.784 bits per heavy atom. The van der Waals surface area contributed by atoms with Crippen LogP contribution in [0.3, 0.4) is 0 Å². The van der Waals surface area contributed by atoms with Gasteiger partial charge in [-0.25, -0.2) is 18.6 Å². The van der Waals surface area contributed by atoms with Gasteiger partial charge in [0.15, 0.2) is 0 Å². The summed E-state index contributed by atoms with van der Waals surface area (Å²) in [5.41, 5.74) is 5.34. The van der Waals surface area contributed by atoms with Gasteiger partial charge in [-0.1, -0.05) is 80.7 Å². The molecule has 0 amide bonds. The average Bonchev–Trinajstić information content (AvgIpc) is 2.88. The fraction of sp³-hybridized carbons (Fsp3) is 0.656. The van der Waals surface area contributed by atoms with Crippen molar-refractivity contribution in [2.24, 2.45) is 0 Å². The first-order valence-electron chi connectivity index (χ1n) is 14.2. The molecular weight excluding hydrogens is 451 g/mol. The molecule has 2 fully saturated rings. The van der Waals surface area contributed by atoms with Crippen LogP contribution < -0.4 is 18.9 Å². The van der Waals surface area contributed by atoms with Gasteiger partial charge in [0.2, 0.25) is 0 Å². The zero-order chi connectivity index (χ0) is 26.4. The first-order chi connectivity index (χ1) is 17.4. The molecule has 2 aliphatic heterocycles. The predicted molar refractivity (Wildman–Crippen MR) is 157 cm³/mol. The van der Waals surface area contributed by atoms with Crippen LogP contribution in [0.15, 0.2) is 59.8 Å². The number of hydrogen-bond acceptors (Lipinski definition) is 4. The Bertz CT molecular complexity index is 687. The summed E-state index contributed by atoms with van der Waals surface area (Å²) in [6.45, 7) is 28.4. The number of unbranched alkanes of at least 4 members (excludes halogenated alkanes) is 3. The van der Waals surface area contributed by atoms with Gasteiger partial charge in [0.1, 0.15) is 0 Å². The Hall–Kier alpha value is -0.993. The van der Waals surface area contributed by atoms with E-state index in [-0.39, 0.29) is 18.9 Å². The standard InChI is InChI=1S/C18H32NO.C14H23NO.Li/c1-4-5-6-7-9-17(2)10-8-11-18(3)16-19-12-14-20-15-13-19;1-4-13(2)6-5-7-14(3)12-15-8-10-16-11-9-15;/h9,11H,2,4-8,10,12-16H2,1,3H3;4,7H,1-2,5-6,8-12H2,3H3;/q-1;;+1/b17-9-,18-11+;14-7+;. The largest absolute Gasteiger partial charge is 1.00 e. The molecule has 2 rings (SSSR count). The van der Waals surface area contributed by atoms with Crippen molar-refractivity contribution in [3.05, 3.63) is 66.7 Å². The predicted octanol–water partition coefficient (Wildman–Crippen LogP) is 4.18. The van der Waals surface area contributed by atoms with Crippen molar-refractivity contribution >= 4 is 0 Å². The molecule has 0 N–H and O–H groups in total. The number of allylic oxidation sites excluding steroid dienone is 6. The number of morpholine rings is 2. The summed E-state index contributed by atoms with van der Waals surface area (Å²) in [5.74, 6) is 0. The van der Waals surface area contributed by atoms with Crippen LogP contribution in [0.1, 0.15) is 72.1 Å². The minimum absolute atomic E-state index is 0. The Kier molecular flexibility index (Phi) is 23.4. The van der Waals surface area contributed by atoms with Gasteiger partial charge in [0.25, 0.3) is 0 Å². The number of nitrogens with zero attached hydrogens (tertiary/aromatic N) is 2. The maximum atomic E-state index is 5.37. The zero-order valence-corrected chi connectivity index (χ0v) is 24.9. The van der Waals surface area contributed by atoms with Gasteiger partial charge >= 0.3 is 18.9 Å². The Balaban J connectivity index is 0.000000698. The molecule has 0 aromatic heterocycles. The molecule has 0 bridgehead atoms. The third-order valence-corrected chi connectivity index (χ3v) is 6.60. The summed E-state index contributed by atoms with van der Waals surface area (Å²) in [5, 5.41) is 0. The van der Waals surface area contributed by atoms with Crippen LogP contribution >= 0.6 is 0 Å². The molecule has 0 saturated carbocycles. The molecule has 0 unspecified atom stereocenters. The van der Waals surface area contributed by atoms with E-state index in [4.69, 9.17) is 9.47 Å². The first-order valence-corrected chi connectivity index (χ1v) is 14.2. The van der Waals surface area contributed by atoms with Crippen molar-refractivity contribution in [1.29, 1.82) is 0 Å². The number of hydrogen-bond donors (Lipinski definition) is 0. The zero-order valence-electron chi connectivity index (χ0n) is 24.9. The SMILES string of the molecule is C=CC(=C)CC/C=C(\C)CN1CCOCC1.[CH2-]/C(=C/CCCCC)CC/C=C(\C)CN1CCOCC1.[Li+]. The van der Waals surface area contributed by atoms with Crippen LogP contribution in [0.25, 0.3) is 0 Å². The Morgan fingerprint density at radius 2 is 1.27 bits per heavy atom. The fourth-order valence-corrected chi connectivity index (χ4v) is 4.27. The van der Waals surface area contributed by atoms with Gasteiger partial charge < -0.3 is 9.47 Å². The van der Waals surface area contributed by atoms with Gasteiger partial charge in [0.05, 0.1) is 26.4 Å². The molecule has 5 heteroatoms. The second-order valence-electron chi connectivity index (χ2n) is 10.2. The van der Waals surface area contributed by atoms with E-state index in [0.29, 0.717) is 0 Å². The third-order valence-electron chi connectivity index (χ3n) is 6.60. The van der Waals surface area contributed by atoms with Crippen LogP contribution in [0, 0.1) is 6.92 Å². The number of rotatable bonds is 15. The molecule has 37 heavy (non-hydrogen) atoms. The number of ether oxygens (including phenoxy) is 2. The summed E-state index contributed by atoms with van der Waals surface area (Å²) >= 11 is 0. The molecule has 2 heterocycles. The summed E-state index contributed by atoms with van der Waals surface area (Å²) in [6.07, 6.45) is 18.3. The van der Waals surface area contributed by atoms with Gasteiger partial charge in [-0.15, -0.1) is 6.42 Å². The molecule has 0 aromatic carbocycles. The van der Waals surface area contributed by atoms with Crippen LogP contribution in [0.5, 0.6) is 0 Å². The van der Waals surface area contributed by atoms with Crippen molar-refractivity contribution in [1.82, 2.24) is 9.80 Å². The van der Waals surface area contributed by atoms with Crippen LogP contribution in [0.2, 0.25) is 0 Å². The van der Waals surface area contributed by atoms with Gasteiger partial charge in [-0.3, -0.25) is 9.80 Å². The Labute approximate surface area is 242 Å². The van der Waals surface area contributed by atoms with E-state index in [2.05, 4.69) is 68.9 Å². The Morgan fingerprint density at radius 3 is 1.73 bits per heavy atom. The second-order valence-corrected chi connectivity index (χ2v) is 10.2. The molecule has 0 radical (unpaired) electrons. The molecule has 2 aliphatic rings. The molecule has 0 aromatic rings. The van der Waals surface area contributed by atoms with Crippen molar-refractivity contribution in [2.45, 2.75) is 72.1 Å². The molecule has 0 aliphatic carbocycles. The maximum Gasteiger partial charge on any atom is 1.00 e. The average molecular weight is 507 g/mol. The third kappa shape index (κ3) is 20.6. The van der Waals surface area contributed by atoms with E-state index < -0.39 is 0 Å². The van der Waals surface area contributed by atoms with E-state index in [1.807, 2.05) is 6.08 Å². The van der Waals surface area contributed by atoms with Crippen molar-refractivity contribution in [2.75, 3.05) is 65.7 Å². The summed E-state index contributed by atoms with van der Waals surface area (Å²) in [4.78, 5) is 4.92. The van der Waals surface area contributed by atoms with Crippen LogP contribution in [-0.4, -0.2) is 75.5 Å². The van der Waals surface area contributed by atoms with Gasteiger partial charge in [-0.2, -0.15) is 0 Å². The molecule has 2 saturated heterocycles. The molecule has 0 atom stereocenters.